The number of benzene rings is 1. The van der Waals surface area contributed by atoms with Gasteiger partial charge < -0.3 is 25.0 Å². The summed E-state index contributed by atoms with van der Waals surface area (Å²) in [6.45, 7) is 9.68. The van der Waals surface area contributed by atoms with Crippen molar-refractivity contribution < 1.29 is 24.0 Å². The molecule has 144 valence electrons. The van der Waals surface area contributed by atoms with Crippen molar-refractivity contribution in [2.24, 2.45) is 0 Å². The molecule has 2 rings (SSSR count). The van der Waals surface area contributed by atoms with Crippen LogP contribution in [0.15, 0.2) is 18.2 Å². The average Bonchev–Trinajstić information content (AvgIpc) is 2.64. The van der Waals surface area contributed by atoms with Crippen LogP contribution in [0.4, 0.5) is 0 Å². The fraction of sp³-hybridized carbons (Fsp3) is 0.579. The largest absolute Gasteiger partial charge is 0.491 e. The molecular weight excluding hydrogens is 334 g/mol. The standard InChI is InChI=1S/C19H29N3O4/c1-15-5-3-6-16(2)17(15)26-12-8-21-19(24)18(23)20-7-4-9-22-10-13-25-14-11-22/h3,5-6H,4,7-14H2,1-2H3,(H,20,23)(H,21,24)/p+1. The van der Waals surface area contributed by atoms with Crippen molar-refractivity contribution in [2.45, 2.75) is 20.3 Å². The first kappa shape index (κ1) is 20.2. The minimum atomic E-state index is -0.617. The lowest BCUT2D eigenvalue weighted by Crippen LogP contribution is -3.14. The Labute approximate surface area is 155 Å². The first-order chi connectivity index (χ1) is 12.6. The van der Waals surface area contributed by atoms with Gasteiger partial charge in [0.05, 0.1) is 26.3 Å². The molecule has 1 aromatic rings. The molecule has 1 aliphatic heterocycles. The first-order valence-electron chi connectivity index (χ1n) is 9.24. The zero-order valence-electron chi connectivity index (χ0n) is 15.7. The highest BCUT2D eigenvalue weighted by atomic mass is 16.5. The molecule has 0 unspecified atom stereocenters. The van der Waals surface area contributed by atoms with E-state index in [1.165, 1.54) is 4.90 Å². The fourth-order valence-corrected chi connectivity index (χ4v) is 2.96. The number of carbonyl (C=O) groups is 2. The van der Waals surface area contributed by atoms with Gasteiger partial charge in [0.2, 0.25) is 0 Å². The Morgan fingerprint density at radius 2 is 1.69 bits per heavy atom. The second kappa shape index (κ2) is 10.8. The summed E-state index contributed by atoms with van der Waals surface area (Å²) in [6.07, 6.45) is 0.851. The van der Waals surface area contributed by atoms with Gasteiger partial charge in [-0.2, -0.15) is 0 Å². The van der Waals surface area contributed by atoms with E-state index in [0.717, 1.165) is 56.1 Å². The quantitative estimate of drug-likeness (QED) is 0.418. The first-order valence-corrected chi connectivity index (χ1v) is 9.24. The zero-order valence-corrected chi connectivity index (χ0v) is 15.7. The van der Waals surface area contributed by atoms with Crippen LogP contribution in [0.3, 0.4) is 0 Å². The molecule has 0 aromatic heterocycles. The maximum Gasteiger partial charge on any atom is 0.309 e. The van der Waals surface area contributed by atoms with E-state index < -0.39 is 11.8 Å². The molecule has 1 aliphatic rings. The lowest BCUT2D eigenvalue weighted by Gasteiger charge is -2.23. The Kier molecular flexibility index (Phi) is 8.37. The summed E-state index contributed by atoms with van der Waals surface area (Å²) in [5, 5.41) is 5.25. The number of morpholine rings is 1. The summed E-state index contributed by atoms with van der Waals surface area (Å²) >= 11 is 0. The number of aryl methyl sites for hydroxylation is 2. The Bertz CT molecular complexity index is 580. The number of hydrogen-bond donors (Lipinski definition) is 3. The van der Waals surface area contributed by atoms with Crippen molar-refractivity contribution in [3.05, 3.63) is 29.3 Å². The maximum atomic E-state index is 11.8. The molecule has 26 heavy (non-hydrogen) atoms. The molecule has 0 atom stereocenters. The van der Waals surface area contributed by atoms with Gasteiger partial charge in [-0.1, -0.05) is 18.2 Å². The number of hydrogen-bond acceptors (Lipinski definition) is 4. The maximum absolute atomic E-state index is 11.8. The molecule has 0 spiro atoms. The molecule has 1 heterocycles. The number of para-hydroxylation sites is 1. The average molecular weight is 364 g/mol. The van der Waals surface area contributed by atoms with Crippen molar-refractivity contribution in [3.63, 3.8) is 0 Å². The number of rotatable bonds is 8. The third-order valence-corrected chi connectivity index (χ3v) is 4.44. The van der Waals surface area contributed by atoms with E-state index in [1.54, 1.807) is 0 Å². The second-order valence-electron chi connectivity index (χ2n) is 6.55. The molecule has 1 aromatic carbocycles. The smallest absolute Gasteiger partial charge is 0.309 e. The number of quaternary nitrogens is 1. The zero-order chi connectivity index (χ0) is 18.8. The summed E-state index contributed by atoms with van der Waals surface area (Å²) in [5.41, 5.74) is 2.10. The fourth-order valence-electron chi connectivity index (χ4n) is 2.96. The lowest BCUT2D eigenvalue weighted by atomic mass is 10.1. The van der Waals surface area contributed by atoms with Gasteiger partial charge >= 0.3 is 11.8 Å². The molecular formula is C19H30N3O4+. The lowest BCUT2D eigenvalue weighted by molar-refractivity contribution is -0.908. The van der Waals surface area contributed by atoms with Crippen LogP contribution in [-0.4, -0.2) is 64.4 Å². The SMILES string of the molecule is Cc1cccc(C)c1OCCNC(=O)C(=O)NCCC[NH+]1CCOCC1. The van der Waals surface area contributed by atoms with Gasteiger partial charge in [0.15, 0.2) is 0 Å². The Balaban J connectivity index is 1.56. The Hall–Kier alpha value is -2.12. The second-order valence-corrected chi connectivity index (χ2v) is 6.55. The summed E-state index contributed by atoms with van der Waals surface area (Å²) in [7, 11) is 0. The molecule has 3 N–H and O–H groups in total. The molecule has 0 saturated carbocycles. The molecule has 7 nitrogen and oxygen atoms in total. The van der Waals surface area contributed by atoms with Gasteiger partial charge in [0.1, 0.15) is 25.4 Å². The molecule has 1 fully saturated rings. The van der Waals surface area contributed by atoms with Crippen molar-refractivity contribution in [1.82, 2.24) is 10.6 Å². The Morgan fingerprint density at radius 3 is 2.35 bits per heavy atom. The minimum absolute atomic E-state index is 0.290. The van der Waals surface area contributed by atoms with E-state index in [9.17, 15) is 9.59 Å². The van der Waals surface area contributed by atoms with E-state index in [-0.39, 0.29) is 6.54 Å². The predicted molar refractivity (Wildman–Crippen MR) is 98.4 cm³/mol. The van der Waals surface area contributed by atoms with Crippen LogP contribution in [0.25, 0.3) is 0 Å². The van der Waals surface area contributed by atoms with Crippen molar-refractivity contribution in [1.29, 1.82) is 0 Å². The Morgan fingerprint density at radius 1 is 1.08 bits per heavy atom. The van der Waals surface area contributed by atoms with Crippen LogP contribution in [0, 0.1) is 13.8 Å². The van der Waals surface area contributed by atoms with E-state index in [4.69, 9.17) is 9.47 Å². The summed E-state index contributed by atoms with van der Waals surface area (Å²) in [6, 6.07) is 5.93. The molecule has 1 saturated heterocycles. The monoisotopic (exact) mass is 364 g/mol. The van der Waals surface area contributed by atoms with Gasteiger partial charge in [-0.3, -0.25) is 9.59 Å². The van der Waals surface area contributed by atoms with Crippen LogP contribution < -0.4 is 20.3 Å². The highest BCUT2D eigenvalue weighted by Gasteiger charge is 2.15. The number of ether oxygens (including phenoxy) is 2. The van der Waals surface area contributed by atoms with Crippen molar-refractivity contribution >= 4 is 11.8 Å². The van der Waals surface area contributed by atoms with Gasteiger partial charge in [-0.25, -0.2) is 0 Å². The highest BCUT2D eigenvalue weighted by Crippen LogP contribution is 2.21. The van der Waals surface area contributed by atoms with Crippen LogP contribution in [0.2, 0.25) is 0 Å². The van der Waals surface area contributed by atoms with Crippen LogP contribution in [-0.2, 0) is 14.3 Å². The van der Waals surface area contributed by atoms with Gasteiger partial charge in [-0.15, -0.1) is 0 Å². The summed E-state index contributed by atoms with van der Waals surface area (Å²) < 4.78 is 11.0. The van der Waals surface area contributed by atoms with Crippen LogP contribution in [0.5, 0.6) is 5.75 Å². The molecule has 0 bridgehead atoms. The van der Waals surface area contributed by atoms with Crippen molar-refractivity contribution in [3.8, 4) is 5.75 Å². The summed E-state index contributed by atoms with van der Waals surface area (Å²) in [5.74, 6) is -0.375. The third kappa shape index (κ3) is 6.65. The third-order valence-electron chi connectivity index (χ3n) is 4.44. The number of amides is 2. The van der Waals surface area contributed by atoms with E-state index in [2.05, 4.69) is 10.6 Å². The molecule has 7 heteroatoms. The topological polar surface area (TPSA) is 81.1 Å². The number of nitrogens with one attached hydrogen (secondary N) is 3. The molecule has 0 aliphatic carbocycles. The van der Waals surface area contributed by atoms with Crippen molar-refractivity contribution in [2.75, 3.05) is 52.5 Å². The van der Waals surface area contributed by atoms with E-state index in [0.29, 0.717) is 13.2 Å². The molecule has 2 amide bonds. The minimum Gasteiger partial charge on any atom is -0.491 e. The highest BCUT2D eigenvalue weighted by molar-refractivity contribution is 6.35. The van der Waals surface area contributed by atoms with Gasteiger partial charge in [-0.05, 0) is 25.0 Å². The predicted octanol–water partition coefficient (Wildman–Crippen LogP) is -0.780. The van der Waals surface area contributed by atoms with E-state index >= 15 is 0 Å². The van der Waals surface area contributed by atoms with Gasteiger partial charge in [0, 0.05) is 13.0 Å². The summed E-state index contributed by atoms with van der Waals surface area (Å²) in [4.78, 5) is 25.0. The number of carbonyl (C=O) groups excluding carboxylic acids is 2. The molecule has 0 radical (unpaired) electrons. The van der Waals surface area contributed by atoms with Crippen LogP contribution in [0.1, 0.15) is 17.5 Å². The normalized spacial score (nSPS) is 14.7. The van der Waals surface area contributed by atoms with Gasteiger partial charge in [0.25, 0.3) is 0 Å². The van der Waals surface area contributed by atoms with E-state index in [1.807, 2.05) is 32.0 Å². The van der Waals surface area contributed by atoms with Crippen LogP contribution >= 0.6 is 0 Å².